The molecule has 0 saturated heterocycles. The first-order valence-corrected chi connectivity index (χ1v) is 14.1. The van der Waals surface area contributed by atoms with E-state index in [-0.39, 0.29) is 11.3 Å². The van der Waals surface area contributed by atoms with Gasteiger partial charge in [0.05, 0.1) is 6.54 Å². The predicted octanol–water partition coefficient (Wildman–Crippen LogP) is 6.79. The van der Waals surface area contributed by atoms with Gasteiger partial charge in [0.15, 0.2) is 5.78 Å². The van der Waals surface area contributed by atoms with Crippen molar-refractivity contribution in [1.82, 2.24) is 5.32 Å². The Kier molecular flexibility index (Phi) is 8.38. The van der Waals surface area contributed by atoms with Crippen LogP contribution in [0.2, 0.25) is 0 Å². The number of carbonyl (C=O) groups is 1. The molecule has 0 bridgehead atoms. The molecule has 176 valence electrons. The number of nitrogens with one attached hydrogen (secondary N) is 2. The first-order chi connectivity index (χ1) is 14.8. The third-order valence-corrected chi connectivity index (χ3v) is 10.5. The molecule has 3 aliphatic rings. The second kappa shape index (κ2) is 10.4. The third kappa shape index (κ3) is 4.52. The second-order valence-electron chi connectivity index (χ2n) is 11.0. The van der Waals surface area contributed by atoms with Gasteiger partial charge in [-0.05, 0) is 78.8 Å². The fourth-order valence-corrected chi connectivity index (χ4v) is 8.89. The zero-order chi connectivity index (χ0) is 22.8. The standard InChI is InChI=1S/C27H46N2OS/c1-7-9-21-19(8-2)10-11-23-22(21)12-13-27(5)25(23)17(3)18(4)26(27)24(30)16-29-15-20(14-28)31-6/h14-15,17-19,21-23,25-26,28-29H,7-13,16H2,1-6H3/b20-15+,28-14?/t17-,18?,19?,21?,22?,23?,25?,26?,27?/m1/s1. The number of thioether (sulfide) groups is 1. The molecule has 4 heteroatoms. The number of rotatable bonds is 9. The number of allylic oxidation sites excluding steroid dienone is 1. The highest BCUT2D eigenvalue weighted by molar-refractivity contribution is 8.03. The lowest BCUT2D eigenvalue weighted by atomic mass is 9.49. The normalized spacial score (nSPS) is 42.6. The number of ketones is 1. The van der Waals surface area contributed by atoms with Gasteiger partial charge in [-0.1, -0.05) is 53.9 Å². The monoisotopic (exact) mass is 446 g/mol. The Labute approximate surface area is 195 Å². The lowest BCUT2D eigenvalue weighted by molar-refractivity contribution is -0.130. The minimum absolute atomic E-state index is 0.155. The van der Waals surface area contributed by atoms with Crippen molar-refractivity contribution in [2.45, 2.75) is 79.6 Å². The molecule has 0 amide bonds. The van der Waals surface area contributed by atoms with Crippen molar-refractivity contribution in [3.8, 4) is 0 Å². The van der Waals surface area contributed by atoms with Gasteiger partial charge in [0.2, 0.25) is 0 Å². The summed E-state index contributed by atoms with van der Waals surface area (Å²) in [6, 6.07) is 0. The Balaban J connectivity index is 1.80. The van der Waals surface area contributed by atoms with E-state index in [4.69, 9.17) is 5.41 Å². The Morgan fingerprint density at radius 3 is 2.52 bits per heavy atom. The molecular weight excluding hydrogens is 400 g/mol. The van der Waals surface area contributed by atoms with E-state index in [9.17, 15) is 4.79 Å². The smallest absolute Gasteiger partial charge is 0.155 e. The Hall–Kier alpha value is -0.770. The zero-order valence-corrected chi connectivity index (χ0v) is 21.6. The highest BCUT2D eigenvalue weighted by Crippen LogP contribution is 2.66. The molecule has 3 aliphatic carbocycles. The van der Waals surface area contributed by atoms with E-state index in [0.717, 1.165) is 28.6 Å². The van der Waals surface area contributed by atoms with Crippen LogP contribution < -0.4 is 5.32 Å². The molecule has 0 aromatic heterocycles. The van der Waals surface area contributed by atoms with Crippen molar-refractivity contribution < 1.29 is 4.79 Å². The van der Waals surface area contributed by atoms with Crippen LogP contribution in [0.1, 0.15) is 79.6 Å². The lowest BCUT2D eigenvalue weighted by Crippen LogP contribution is -2.49. The first kappa shape index (κ1) is 24.9. The van der Waals surface area contributed by atoms with Crippen molar-refractivity contribution in [2.24, 2.45) is 52.8 Å². The Bertz CT molecular complexity index is 676. The molecule has 0 heterocycles. The van der Waals surface area contributed by atoms with Crippen LogP contribution >= 0.6 is 11.8 Å². The van der Waals surface area contributed by atoms with E-state index in [1.54, 1.807) is 0 Å². The minimum atomic E-state index is 0.155. The van der Waals surface area contributed by atoms with E-state index < -0.39 is 0 Å². The molecule has 0 aromatic rings. The van der Waals surface area contributed by atoms with Crippen molar-refractivity contribution in [1.29, 1.82) is 5.41 Å². The number of hydrogen-bond acceptors (Lipinski definition) is 4. The second-order valence-corrected chi connectivity index (χ2v) is 11.9. The summed E-state index contributed by atoms with van der Waals surface area (Å²) in [7, 11) is 0. The van der Waals surface area contributed by atoms with Gasteiger partial charge in [0.25, 0.3) is 0 Å². The fourth-order valence-electron chi connectivity index (χ4n) is 8.57. The zero-order valence-electron chi connectivity index (χ0n) is 20.7. The molecule has 0 spiro atoms. The molecule has 3 fully saturated rings. The summed E-state index contributed by atoms with van der Waals surface area (Å²) < 4.78 is 0. The van der Waals surface area contributed by atoms with Crippen molar-refractivity contribution in [2.75, 3.05) is 12.8 Å². The number of hydrogen-bond donors (Lipinski definition) is 2. The number of Topliss-reactive ketones (excluding diaryl/α,β-unsaturated/α-hetero) is 1. The molecule has 0 radical (unpaired) electrons. The predicted molar refractivity (Wildman–Crippen MR) is 134 cm³/mol. The summed E-state index contributed by atoms with van der Waals surface area (Å²) in [6.45, 7) is 12.4. The van der Waals surface area contributed by atoms with Crippen LogP contribution in [0.4, 0.5) is 0 Å². The first-order valence-electron chi connectivity index (χ1n) is 12.8. The molecule has 3 nitrogen and oxygen atoms in total. The van der Waals surface area contributed by atoms with Crippen molar-refractivity contribution in [3.05, 3.63) is 11.1 Å². The van der Waals surface area contributed by atoms with E-state index in [2.05, 4.69) is 39.9 Å². The number of fused-ring (bicyclic) bond motifs is 3. The fraction of sp³-hybridized carbons (Fsp3) is 0.852. The van der Waals surface area contributed by atoms with Gasteiger partial charge in [0, 0.05) is 23.2 Å². The summed E-state index contributed by atoms with van der Waals surface area (Å²) >= 11 is 1.53. The highest BCUT2D eigenvalue weighted by Gasteiger charge is 2.62. The quantitative estimate of drug-likeness (QED) is 0.384. The largest absolute Gasteiger partial charge is 0.383 e. The maximum absolute atomic E-state index is 13.5. The Morgan fingerprint density at radius 2 is 1.90 bits per heavy atom. The Morgan fingerprint density at radius 1 is 1.16 bits per heavy atom. The molecule has 2 N–H and O–H groups in total. The molecule has 0 aromatic carbocycles. The molecule has 3 saturated carbocycles. The van der Waals surface area contributed by atoms with Gasteiger partial charge >= 0.3 is 0 Å². The molecule has 3 rings (SSSR count). The van der Waals surface area contributed by atoms with Crippen LogP contribution in [0.25, 0.3) is 0 Å². The molecule has 0 aliphatic heterocycles. The topological polar surface area (TPSA) is 53.0 Å². The summed E-state index contributed by atoms with van der Waals surface area (Å²) in [6.07, 6.45) is 14.5. The average molecular weight is 447 g/mol. The van der Waals surface area contributed by atoms with Gasteiger partial charge in [-0.3, -0.25) is 4.79 Å². The maximum atomic E-state index is 13.5. The minimum Gasteiger partial charge on any atom is -0.383 e. The maximum Gasteiger partial charge on any atom is 0.155 e. The van der Waals surface area contributed by atoms with E-state index in [1.807, 2.05) is 12.5 Å². The van der Waals surface area contributed by atoms with Crippen LogP contribution in [0, 0.1) is 58.2 Å². The van der Waals surface area contributed by atoms with Gasteiger partial charge in [-0.15, -0.1) is 11.8 Å². The van der Waals surface area contributed by atoms with Crippen molar-refractivity contribution in [3.63, 3.8) is 0 Å². The molecule has 8 unspecified atom stereocenters. The van der Waals surface area contributed by atoms with Crippen LogP contribution in [-0.2, 0) is 4.79 Å². The summed E-state index contributed by atoms with van der Waals surface area (Å²) in [5.74, 6) is 5.89. The van der Waals surface area contributed by atoms with Crippen LogP contribution in [0.5, 0.6) is 0 Å². The van der Waals surface area contributed by atoms with E-state index in [1.165, 1.54) is 62.9 Å². The van der Waals surface area contributed by atoms with E-state index in [0.29, 0.717) is 30.1 Å². The van der Waals surface area contributed by atoms with E-state index >= 15 is 0 Å². The van der Waals surface area contributed by atoms with Gasteiger partial charge in [0.1, 0.15) is 0 Å². The van der Waals surface area contributed by atoms with Crippen LogP contribution in [0.3, 0.4) is 0 Å². The summed E-state index contributed by atoms with van der Waals surface area (Å²) in [4.78, 5) is 14.4. The highest BCUT2D eigenvalue weighted by atomic mass is 32.2. The van der Waals surface area contributed by atoms with Gasteiger partial charge < -0.3 is 10.7 Å². The third-order valence-electron chi connectivity index (χ3n) is 9.84. The number of carbonyl (C=O) groups excluding carboxylic acids is 1. The van der Waals surface area contributed by atoms with Crippen molar-refractivity contribution >= 4 is 23.8 Å². The van der Waals surface area contributed by atoms with Gasteiger partial charge in [-0.25, -0.2) is 0 Å². The van der Waals surface area contributed by atoms with Crippen LogP contribution in [0.15, 0.2) is 11.1 Å². The van der Waals surface area contributed by atoms with Gasteiger partial charge in [-0.2, -0.15) is 0 Å². The average Bonchev–Trinajstić information content (AvgIpc) is 2.97. The SMILES string of the molecule is CCCC1C(CC)CCC2C1CCC1(C)C(C(=O)CN/C=C(\C=N)SC)C(C)[C@@H](C)C21. The molecule has 31 heavy (non-hydrogen) atoms. The summed E-state index contributed by atoms with van der Waals surface area (Å²) in [5.41, 5.74) is 0.155. The molecule has 9 atom stereocenters. The lowest BCUT2D eigenvalue weighted by Gasteiger charge is -2.55. The van der Waals surface area contributed by atoms with Crippen LogP contribution in [-0.4, -0.2) is 24.8 Å². The summed E-state index contributed by atoms with van der Waals surface area (Å²) in [5, 5.41) is 10.7. The molecular formula is C27H46N2OS.